The van der Waals surface area contributed by atoms with E-state index in [-0.39, 0.29) is 6.04 Å². The Morgan fingerprint density at radius 2 is 2.67 bits per heavy atom. The van der Waals surface area contributed by atoms with E-state index in [1.54, 1.807) is 5.38 Å². The first-order valence-electron chi connectivity index (χ1n) is 3.52. The zero-order chi connectivity index (χ0) is 8.39. The summed E-state index contributed by atoms with van der Waals surface area (Å²) in [5, 5.41) is 15.1. The molecule has 0 saturated carbocycles. The highest BCUT2D eigenvalue weighted by Gasteiger charge is 2.16. The lowest BCUT2D eigenvalue weighted by atomic mass is 10.2. The van der Waals surface area contributed by atoms with Gasteiger partial charge in [0, 0.05) is 18.0 Å². The Labute approximate surface area is 73.6 Å². The Balaban J connectivity index is 2.19. The van der Waals surface area contributed by atoms with Crippen molar-refractivity contribution in [1.82, 2.24) is 10.4 Å². The van der Waals surface area contributed by atoms with Gasteiger partial charge in [0.2, 0.25) is 0 Å². The van der Waals surface area contributed by atoms with E-state index in [1.165, 1.54) is 11.3 Å². The van der Waals surface area contributed by atoms with E-state index in [0.717, 1.165) is 11.4 Å². The summed E-state index contributed by atoms with van der Waals surface area (Å²) in [5.74, 6) is 0. The fraction of sp³-hybridized carbons (Fsp3) is 0.286. The number of hydrogen-bond acceptors (Lipinski definition) is 5. The maximum absolute atomic E-state index is 8.54. The molecule has 4 nitrogen and oxygen atoms in total. The van der Waals surface area contributed by atoms with Gasteiger partial charge in [-0.05, 0) is 0 Å². The highest BCUT2D eigenvalue weighted by Crippen LogP contribution is 2.22. The van der Waals surface area contributed by atoms with Crippen molar-refractivity contribution in [2.45, 2.75) is 12.5 Å². The smallest absolute Gasteiger partial charge is 0.151 e. The second-order valence-corrected chi connectivity index (χ2v) is 3.30. The van der Waals surface area contributed by atoms with Crippen LogP contribution in [0.15, 0.2) is 10.5 Å². The van der Waals surface area contributed by atoms with E-state index in [9.17, 15) is 0 Å². The molecule has 1 aliphatic heterocycles. The molecule has 1 unspecified atom stereocenters. The van der Waals surface area contributed by atoms with Gasteiger partial charge in [-0.2, -0.15) is 10.4 Å². The van der Waals surface area contributed by atoms with Crippen LogP contribution in [-0.2, 0) is 0 Å². The highest BCUT2D eigenvalue weighted by molar-refractivity contribution is 7.09. The molecule has 0 fully saturated rings. The molecule has 1 aliphatic rings. The lowest BCUT2D eigenvalue weighted by Crippen LogP contribution is -2.08. The largest absolute Gasteiger partial charge is 0.300 e. The Bertz CT molecular complexity index is 341. The predicted octanol–water partition coefficient (Wildman–Crippen LogP) is 1.03. The minimum Gasteiger partial charge on any atom is -0.300 e. The molecule has 1 atom stereocenters. The summed E-state index contributed by atoms with van der Waals surface area (Å²) in [4.78, 5) is 4.13. The van der Waals surface area contributed by atoms with Crippen LogP contribution in [0, 0.1) is 11.3 Å². The lowest BCUT2D eigenvalue weighted by molar-refractivity contribution is 0.616. The minimum absolute atomic E-state index is 0.178. The van der Waals surface area contributed by atoms with Crippen LogP contribution in [-0.4, -0.2) is 11.2 Å². The Hall–Kier alpha value is -1.41. The highest BCUT2D eigenvalue weighted by atomic mass is 32.1. The van der Waals surface area contributed by atoms with Crippen LogP contribution in [0.2, 0.25) is 0 Å². The summed E-state index contributed by atoms with van der Waals surface area (Å²) in [6.45, 7) is 0. The van der Waals surface area contributed by atoms with E-state index in [1.807, 2.05) is 12.3 Å². The van der Waals surface area contributed by atoms with Crippen LogP contribution in [0.3, 0.4) is 0 Å². The number of rotatable bonds is 1. The Morgan fingerprint density at radius 1 is 1.75 bits per heavy atom. The number of nitriles is 1. The monoisotopic (exact) mass is 178 g/mol. The van der Waals surface area contributed by atoms with Crippen LogP contribution in [0.5, 0.6) is 0 Å². The molecule has 0 bridgehead atoms. The fourth-order valence-corrected chi connectivity index (χ4v) is 1.81. The second kappa shape index (κ2) is 2.91. The summed E-state index contributed by atoms with van der Waals surface area (Å²) in [6, 6.07) is 2.18. The molecular weight excluding hydrogens is 172 g/mol. The third-order valence-corrected chi connectivity index (χ3v) is 2.56. The van der Waals surface area contributed by atoms with Gasteiger partial charge < -0.3 is 5.43 Å². The van der Waals surface area contributed by atoms with Crippen molar-refractivity contribution in [3.63, 3.8) is 0 Å². The second-order valence-electron chi connectivity index (χ2n) is 2.41. The molecule has 2 rings (SSSR count). The molecule has 1 N–H and O–H groups in total. The zero-order valence-electron chi connectivity index (χ0n) is 6.19. The maximum atomic E-state index is 8.54. The van der Waals surface area contributed by atoms with Crippen LogP contribution in [0.4, 0.5) is 0 Å². The SMILES string of the molecule is N#Cc1csc(C2CC=NN2)n1. The minimum atomic E-state index is 0.178. The van der Waals surface area contributed by atoms with Crippen molar-refractivity contribution in [3.8, 4) is 6.07 Å². The molecular formula is C7H6N4S. The summed E-state index contributed by atoms with van der Waals surface area (Å²) in [6.07, 6.45) is 2.68. The van der Waals surface area contributed by atoms with Gasteiger partial charge in [-0.3, -0.25) is 0 Å². The first-order chi connectivity index (χ1) is 5.90. The fourth-order valence-electron chi connectivity index (χ4n) is 1.01. The van der Waals surface area contributed by atoms with Crippen LogP contribution in [0.1, 0.15) is 23.2 Å². The Kier molecular flexibility index (Phi) is 1.76. The molecule has 0 aliphatic carbocycles. The number of hydrazone groups is 1. The van der Waals surface area contributed by atoms with E-state index in [4.69, 9.17) is 5.26 Å². The van der Waals surface area contributed by atoms with Gasteiger partial charge in [0.1, 0.15) is 17.1 Å². The topological polar surface area (TPSA) is 61.1 Å². The molecule has 12 heavy (non-hydrogen) atoms. The summed E-state index contributed by atoms with van der Waals surface area (Å²) in [7, 11) is 0. The number of thiazole rings is 1. The third-order valence-electron chi connectivity index (χ3n) is 1.60. The van der Waals surface area contributed by atoms with Crippen molar-refractivity contribution in [3.05, 3.63) is 16.1 Å². The number of hydrogen-bond donors (Lipinski definition) is 1. The van der Waals surface area contributed by atoms with E-state index < -0.39 is 0 Å². The van der Waals surface area contributed by atoms with Crippen molar-refractivity contribution in [1.29, 1.82) is 5.26 Å². The van der Waals surface area contributed by atoms with E-state index in [2.05, 4.69) is 15.5 Å². The van der Waals surface area contributed by atoms with Gasteiger partial charge in [0.15, 0.2) is 5.69 Å². The van der Waals surface area contributed by atoms with Crippen molar-refractivity contribution in [2.24, 2.45) is 5.10 Å². The molecule has 1 aromatic rings. The zero-order valence-corrected chi connectivity index (χ0v) is 7.01. The molecule has 5 heteroatoms. The van der Waals surface area contributed by atoms with E-state index >= 15 is 0 Å². The van der Waals surface area contributed by atoms with Gasteiger partial charge in [-0.25, -0.2) is 4.98 Å². The molecule has 0 saturated heterocycles. The maximum Gasteiger partial charge on any atom is 0.151 e. The van der Waals surface area contributed by atoms with Crippen LogP contribution in [0.25, 0.3) is 0 Å². The van der Waals surface area contributed by atoms with Gasteiger partial charge >= 0.3 is 0 Å². The Morgan fingerprint density at radius 3 is 3.25 bits per heavy atom. The lowest BCUT2D eigenvalue weighted by Gasteiger charge is -2.02. The first-order valence-corrected chi connectivity index (χ1v) is 4.40. The quantitative estimate of drug-likeness (QED) is 0.698. The molecule has 60 valence electrons. The first kappa shape index (κ1) is 7.25. The van der Waals surface area contributed by atoms with E-state index in [0.29, 0.717) is 5.69 Å². The summed E-state index contributed by atoms with van der Waals surface area (Å²) < 4.78 is 0. The van der Waals surface area contributed by atoms with Gasteiger partial charge in [0.05, 0.1) is 0 Å². The molecule has 0 spiro atoms. The summed E-state index contributed by atoms with van der Waals surface area (Å²) in [5.41, 5.74) is 3.41. The summed E-state index contributed by atoms with van der Waals surface area (Å²) >= 11 is 1.50. The third kappa shape index (κ3) is 1.17. The average molecular weight is 178 g/mol. The van der Waals surface area contributed by atoms with Crippen LogP contribution < -0.4 is 5.43 Å². The predicted molar refractivity (Wildman–Crippen MR) is 45.8 cm³/mol. The molecule has 0 radical (unpaired) electrons. The normalized spacial score (nSPS) is 20.4. The molecule has 0 aromatic carbocycles. The molecule has 2 heterocycles. The van der Waals surface area contributed by atoms with Crippen molar-refractivity contribution in [2.75, 3.05) is 0 Å². The van der Waals surface area contributed by atoms with Crippen molar-refractivity contribution < 1.29 is 0 Å². The number of nitrogens with one attached hydrogen (secondary N) is 1. The van der Waals surface area contributed by atoms with Gasteiger partial charge in [-0.15, -0.1) is 11.3 Å². The molecule has 0 amide bonds. The molecule has 1 aromatic heterocycles. The standard InChI is InChI=1S/C7H6N4S/c8-3-5-4-12-7(10-5)6-1-2-9-11-6/h2,4,6,11H,1H2. The van der Waals surface area contributed by atoms with Crippen molar-refractivity contribution >= 4 is 17.6 Å². The number of aromatic nitrogens is 1. The average Bonchev–Trinajstić information content (AvgIpc) is 2.75. The van der Waals surface area contributed by atoms with Crippen LogP contribution >= 0.6 is 11.3 Å². The van der Waals surface area contributed by atoms with Gasteiger partial charge in [-0.1, -0.05) is 0 Å². The van der Waals surface area contributed by atoms with Gasteiger partial charge in [0.25, 0.3) is 0 Å². The number of nitrogens with zero attached hydrogens (tertiary/aromatic N) is 3.